The van der Waals surface area contributed by atoms with Gasteiger partial charge in [-0.15, -0.1) is 0 Å². The van der Waals surface area contributed by atoms with Crippen molar-refractivity contribution in [1.82, 2.24) is 9.71 Å². The summed E-state index contributed by atoms with van der Waals surface area (Å²) < 4.78 is 26.4. The summed E-state index contributed by atoms with van der Waals surface area (Å²) in [6, 6.07) is 13.1. The van der Waals surface area contributed by atoms with Crippen LogP contribution in [0.4, 0.5) is 0 Å². The minimum atomic E-state index is -3.25. The molecule has 0 bridgehead atoms. The van der Waals surface area contributed by atoms with Gasteiger partial charge in [0.05, 0.1) is 5.75 Å². The highest BCUT2D eigenvalue weighted by Crippen LogP contribution is 2.04. The van der Waals surface area contributed by atoms with E-state index in [0.717, 1.165) is 24.0 Å². The molecule has 0 saturated heterocycles. The third-order valence-corrected chi connectivity index (χ3v) is 4.24. The number of rotatable bonds is 7. The second-order valence-corrected chi connectivity index (χ2v) is 6.41. The second kappa shape index (κ2) is 7.17. The van der Waals surface area contributed by atoms with Crippen molar-refractivity contribution < 1.29 is 8.42 Å². The quantitative estimate of drug-likeness (QED) is 0.795. The topological polar surface area (TPSA) is 59.1 Å². The van der Waals surface area contributed by atoms with E-state index >= 15 is 0 Å². The Balaban J connectivity index is 1.76. The van der Waals surface area contributed by atoms with Gasteiger partial charge < -0.3 is 0 Å². The number of hydrogen-bond donors (Lipinski definition) is 1. The molecule has 1 aromatic heterocycles. The number of aromatic nitrogens is 1. The van der Waals surface area contributed by atoms with Gasteiger partial charge in [0.2, 0.25) is 10.0 Å². The van der Waals surface area contributed by atoms with E-state index in [1.165, 1.54) is 0 Å². The lowest BCUT2D eigenvalue weighted by Gasteiger charge is -2.06. The summed E-state index contributed by atoms with van der Waals surface area (Å²) in [5.41, 5.74) is 1.92. The first-order chi connectivity index (χ1) is 9.66. The van der Waals surface area contributed by atoms with Crippen molar-refractivity contribution in [3.63, 3.8) is 0 Å². The zero-order valence-electron chi connectivity index (χ0n) is 11.2. The largest absolute Gasteiger partial charge is 0.264 e. The maximum atomic E-state index is 11.9. The first-order valence-electron chi connectivity index (χ1n) is 6.56. The standard InChI is InChI=1S/C15H18N2O2S/c18-20(19,13-15-6-2-1-3-7-15)17-11-5-9-14-8-4-10-16-12-14/h1-4,6-8,10,12,17H,5,9,11,13H2. The molecule has 20 heavy (non-hydrogen) atoms. The number of nitrogens with one attached hydrogen (secondary N) is 1. The number of aryl methyl sites for hydroxylation is 1. The van der Waals surface area contributed by atoms with Crippen molar-refractivity contribution in [3.8, 4) is 0 Å². The zero-order valence-corrected chi connectivity index (χ0v) is 12.0. The molecule has 0 radical (unpaired) electrons. The van der Waals surface area contributed by atoms with Gasteiger partial charge in [-0.3, -0.25) is 4.98 Å². The molecule has 0 aliphatic rings. The molecule has 0 atom stereocenters. The molecule has 1 heterocycles. The fourth-order valence-electron chi connectivity index (χ4n) is 1.91. The van der Waals surface area contributed by atoms with Gasteiger partial charge in [-0.2, -0.15) is 0 Å². The van der Waals surface area contributed by atoms with Crippen LogP contribution in [-0.2, 0) is 22.2 Å². The lowest BCUT2D eigenvalue weighted by atomic mass is 10.2. The van der Waals surface area contributed by atoms with E-state index in [4.69, 9.17) is 0 Å². The maximum Gasteiger partial charge on any atom is 0.215 e. The smallest absolute Gasteiger partial charge is 0.215 e. The molecule has 106 valence electrons. The SMILES string of the molecule is O=S(=O)(Cc1ccccc1)NCCCc1cccnc1. The minimum absolute atomic E-state index is 0.0285. The summed E-state index contributed by atoms with van der Waals surface area (Å²) in [6.45, 7) is 0.448. The Morgan fingerprint density at radius 2 is 1.75 bits per heavy atom. The van der Waals surface area contributed by atoms with Crippen LogP contribution >= 0.6 is 0 Å². The molecule has 0 fully saturated rings. The van der Waals surface area contributed by atoms with Crippen molar-refractivity contribution in [2.45, 2.75) is 18.6 Å². The van der Waals surface area contributed by atoms with Gasteiger partial charge in [-0.05, 0) is 30.0 Å². The normalized spacial score (nSPS) is 11.4. The molecule has 0 aliphatic heterocycles. The van der Waals surface area contributed by atoms with Crippen LogP contribution in [0.2, 0.25) is 0 Å². The Labute approximate surface area is 119 Å². The molecule has 0 amide bonds. The molecule has 0 aliphatic carbocycles. The Hall–Kier alpha value is -1.72. The zero-order chi connectivity index (χ0) is 14.3. The second-order valence-electron chi connectivity index (χ2n) is 4.60. The van der Waals surface area contributed by atoms with Gasteiger partial charge in [0, 0.05) is 18.9 Å². The highest BCUT2D eigenvalue weighted by atomic mass is 32.2. The van der Waals surface area contributed by atoms with Crippen molar-refractivity contribution in [3.05, 3.63) is 66.0 Å². The number of benzene rings is 1. The van der Waals surface area contributed by atoms with Crippen LogP contribution in [0, 0.1) is 0 Å². The summed E-state index contributed by atoms with van der Waals surface area (Å²) in [4.78, 5) is 4.03. The predicted octanol–water partition coefficient (Wildman–Crippen LogP) is 2.13. The Morgan fingerprint density at radius 1 is 1.00 bits per heavy atom. The Morgan fingerprint density at radius 3 is 2.45 bits per heavy atom. The average Bonchev–Trinajstić information content (AvgIpc) is 2.45. The van der Waals surface area contributed by atoms with E-state index in [-0.39, 0.29) is 5.75 Å². The maximum absolute atomic E-state index is 11.9. The summed E-state index contributed by atoms with van der Waals surface area (Å²) in [5.74, 6) is 0.0285. The van der Waals surface area contributed by atoms with E-state index in [1.807, 2.05) is 42.5 Å². The molecular weight excluding hydrogens is 272 g/mol. The van der Waals surface area contributed by atoms with Crippen LogP contribution in [0.5, 0.6) is 0 Å². The van der Waals surface area contributed by atoms with Gasteiger partial charge in [-0.25, -0.2) is 13.1 Å². The van der Waals surface area contributed by atoms with Crippen LogP contribution in [-0.4, -0.2) is 19.9 Å². The fourth-order valence-corrected chi connectivity index (χ4v) is 3.10. The summed E-state index contributed by atoms with van der Waals surface area (Å²) >= 11 is 0. The van der Waals surface area contributed by atoms with Crippen molar-refractivity contribution in [1.29, 1.82) is 0 Å². The molecule has 1 N–H and O–H groups in total. The Kier molecular flexibility index (Phi) is 5.26. The van der Waals surface area contributed by atoms with E-state index in [9.17, 15) is 8.42 Å². The molecule has 0 spiro atoms. The highest BCUT2D eigenvalue weighted by Gasteiger charge is 2.10. The van der Waals surface area contributed by atoms with Crippen LogP contribution < -0.4 is 4.72 Å². The van der Waals surface area contributed by atoms with Gasteiger partial charge in [0.15, 0.2) is 0 Å². The lowest BCUT2D eigenvalue weighted by molar-refractivity contribution is 0.578. The molecular formula is C15H18N2O2S. The van der Waals surface area contributed by atoms with Crippen molar-refractivity contribution >= 4 is 10.0 Å². The molecule has 0 unspecified atom stereocenters. The van der Waals surface area contributed by atoms with Crippen molar-refractivity contribution in [2.75, 3.05) is 6.54 Å². The van der Waals surface area contributed by atoms with Crippen molar-refractivity contribution in [2.24, 2.45) is 0 Å². The summed E-state index contributed by atoms with van der Waals surface area (Å²) in [7, 11) is -3.25. The van der Waals surface area contributed by atoms with Gasteiger partial charge >= 0.3 is 0 Å². The predicted molar refractivity (Wildman–Crippen MR) is 79.6 cm³/mol. The molecule has 1 aromatic carbocycles. The van der Waals surface area contributed by atoms with E-state index < -0.39 is 10.0 Å². The van der Waals surface area contributed by atoms with Gasteiger partial charge in [0.25, 0.3) is 0 Å². The van der Waals surface area contributed by atoms with Crippen LogP contribution in [0.25, 0.3) is 0 Å². The average molecular weight is 290 g/mol. The number of nitrogens with zero attached hydrogens (tertiary/aromatic N) is 1. The summed E-state index contributed by atoms with van der Waals surface area (Å²) in [5, 5.41) is 0. The van der Waals surface area contributed by atoms with Crippen LogP contribution in [0.1, 0.15) is 17.5 Å². The van der Waals surface area contributed by atoms with Gasteiger partial charge in [-0.1, -0.05) is 36.4 Å². The number of hydrogen-bond acceptors (Lipinski definition) is 3. The van der Waals surface area contributed by atoms with E-state index in [2.05, 4.69) is 9.71 Å². The molecule has 2 rings (SSSR count). The molecule has 5 heteroatoms. The third kappa shape index (κ3) is 5.11. The lowest BCUT2D eigenvalue weighted by Crippen LogP contribution is -2.26. The Bertz CT molecular complexity index is 613. The number of sulfonamides is 1. The molecule has 4 nitrogen and oxygen atoms in total. The van der Waals surface area contributed by atoms with E-state index in [0.29, 0.717) is 6.54 Å². The number of pyridine rings is 1. The minimum Gasteiger partial charge on any atom is -0.264 e. The van der Waals surface area contributed by atoms with Crippen LogP contribution in [0.15, 0.2) is 54.9 Å². The first kappa shape index (κ1) is 14.7. The van der Waals surface area contributed by atoms with Crippen LogP contribution in [0.3, 0.4) is 0 Å². The summed E-state index contributed by atoms with van der Waals surface area (Å²) in [6.07, 6.45) is 5.12. The first-order valence-corrected chi connectivity index (χ1v) is 8.21. The molecule has 0 saturated carbocycles. The monoisotopic (exact) mass is 290 g/mol. The van der Waals surface area contributed by atoms with E-state index in [1.54, 1.807) is 12.4 Å². The van der Waals surface area contributed by atoms with Gasteiger partial charge in [0.1, 0.15) is 0 Å². The third-order valence-electron chi connectivity index (χ3n) is 2.89. The highest BCUT2D eigenvalue weighted by molar-refractivity contribution is 7.88. The molecule has 2 aromatic rings. The fraction of sp³-hybridized carbons (Fsp3) is 0.267.